The van der Waals surface area contributed by atoms with E-state index >= 15 is 0 Å². The average Bonchev–Trinajstić information content (AvgIpc) is 2.22. The van der Waals surface area contributed by atoms with E-state index in [0.717, 1.165) is 10.9 Å². The van der Waals surface area contributed by atoms with Crippen LogP contribution < -0.4 is 0 Å². The molecule has 1 aromatic heterocycles. The Morgan fingerprint density at radius 3 is 2.44 bits per heavy atom. The maximum Gasteiger partial charge on any atom is 0.147 e. The van der Waals surface area contributed by atoms with Crippen LogP contribution in [-0.2, 0) is 0 Å². The number of aromatic nitrogens is 1. The summed E-state index contributed by atoms with van der Waals surface area (Å²) in [6.45, 7) is 1.80. The fourth-order valence-electron chi connectivity index (χ4n) is 1.51. The Labute approximate surface area is 107 Å². The van der Waals surface area contributed by atoms with Crippen molar-refractivity contribution in [1.29, 1.82) is 5.26 Å². The van der Waals surface area contributed by atoms with Gasteiger partial charge in [-0.15, -0.1) is 0 Å². The van der Waals surface area contributed by atoms with Crippen LogP contribution >= 0.6 is 34.8 Å². The number of nitriles is 1. The van der Waals surface area contributed by atoms with Crippen molar-refractivity contribution >= 4 is 45.7 Å². The molecule has 0 saturated carbocycles. The first-order valence-corrected chi connectivity index (χ1v) is 5.53. The molecule has 0 N–H and O–H groups in total. The summed E-state index contributed by atoms with van der Waals surface area (Å²) in [5, 5.41) is 10.8. The Morgan fingerprint density at radius 1 is 1.19 bits per heavy atom. The Balaban J connectivity index is 2.95. The van der Waals surface area contributed by atoms with Crippen molar-refractivity contribution in [3.8, 4) is 6.07 Å². The van der Waals surface area contributed by atoms with E-state index in [1.165, 1.54) is 0 Å². The second kappa shape index (κ2) is 4.10. The van der Waals surface area contributed by atoms with E-state index in [1.807, 2.05) is 6.07 Å². The van der Waals surface area contributed by atoms with Crippen LogP contribution in [0.15, 0.2) is 12.1 Å². The molecular weight excluding hydrogens is 266 g/mol. The van der Waals surface area contributed by atoms with E-state index in [1.54, 1.807) is 19.1 Å². The lowest BCUT2D eigenvalue weighted by atomic mass is 10.1. The summed E-state index contributed by atoms with van der Waals surface area (Å²) in [7, 11) is 0. The molecule has 0 amide bonds. The topological polar surface area (TPSA) is 36.7 Å². The van der Waals surface area contributed by atoms with Crippen LogP contribution in [-0.4, -0.2) is 4.98 Å². The monoisotopic (exact) mass is 270 g/mol. The van der Waals surface area contributed by atoms with Gasteiger partial charge in [0.05, 0.1) is 21.1 Å². The van der Waals surface area contributed by atoms with E-state index in [4.69, 9.17) is 40.1 Å². The molecule has 0 aliphatic heterocycles. The van der Waals surface area contributed by atoms with Crippen LogP contribution in [0.5, 0.6) is 0 Å². The molecule has 5 heteroatoms. The molecule has 0 bridgehead atoms. The molecule has 1 aromatic carbocycles. The normalized spacial score (nSPS) is 10.4. The highest BCUT2D eigenvalue weighted by molar-refractivity contribution is 6.42. The van der Waals surface area contributed by atoms with E-state index in [9.17, 15) is 0 Å². The van der Waals surface area contributed by atoms with E-state index in [-0.39, 0.29) is 5.15 Å². The molecular formula is C11H5Cl3N2. The first kappa shape index (κ1) is 11.5. The van der Waals surface area contributed by atoms with Gasteiger partial charge in [-0.3, -0.25) is 0 Å². The van der Waals surface area contributed by atoms with Gasteiger partial charge in [0.15, 0.2) is 0 Å². The molecule has 1 heterocycles. The number of fused-ring (bicyclic) bond motifs is 1. The van der Waals surface area contributed by atoms with Gasteiger partial charge in [0.25, 0.3) is 0 Å². The van der Waals surface area contributed by atoms with Crippen molar-refractivity contribution in [2.45, 2.75) is 6.92 Å². The van der Waals surface area contributed by atoms with Crippen molar-refractivity contribution in [1.82, 2.24) is 4.98 Å². The fraction of sp³-hybridized carbons (Fsp3) is 0.0909. The molecule has 2 rings (SSSR count). The third-order valence-electron chi connectivity index (χ3n) is 2.35. The zero-order valence-corrected chi connectivity index (χ0v) is 10.5. The summed E-state index contributed by atoms with van der Waals surface area (Å²) in [4.78, 5) is 4.11. The van der Waals surface area contributed by atoms with Gasteiger partial charge in [-0.1, -0.05) is 34.8 Å². The summed E-state index contributed by atoms with van der Waals surface area (Å²) in [6, 6.07) is 5.35. The summed E-state index contributed by atoms with van der Waals surface area (Å²) < 4.78 is 0. The molecule has 0 saturated heterocycles. The average molecular weight is 272 g/mol. The largest absolute Gasteiger partial charge is 0.235 e. The number of aryl methyl sites for hydroxylation is 1. The minimum Gasteiger partial charge on any atom is -0.235 e. The third kappa shape index (κ3) is 1.72. The molecule has 0 aliphatic carbocycles. The molecule has 0 atom stereocenters. The molecule has 0 unspecified atom stereocenters. The summed E-state index contributed by atoms with van der Waals surface area (Å²) in [5.74, 6) is 0. The smallest absolute Gasteiger partial charge is 0.147 e. The molecule has 0 fully saturated rings. The number of pyridine rings is 1. The molecule has 0 spiro atoms. The van der Waals surface area contributed by atoms with E-state index in [2.05, 4.69) is 4.98 Å². The third-order valence-corrected chi connectivity index (χ3v) is 3.35. The van der Waals surface area contributed by atoms with Crippen LogP contribution in [0.2, 0.25) is 15.2 Å². The number of halogens is 3. The van der Waals surface area contributed by atoms with Crippen molar-refractivity contribution in [2.24, 2.45) is 0 Å². The van der Waals surface area contributed by atoms with E-state index in [0.29, 0.717) is 21.1 Å². The Morgan fingerprint density at radius 2 is 1.81 bits per heavy atom. The lowest BCUT2D eigenvalue weighted by Gasteiger charge is -2.06. The highest BCUT2D eigenvalue weighted by Gasteiger charge is 2.12. The zero-order valence-electron chi connectivity index (χ0n) is 8.18. The second-order valence-electron chi connectivity index (χ2n) is 3.30. The molecule has 2 nitrogen and oxygen atoms in total. The first-order valence-electron chi connectivity index (χ1n) is 4.39. The van der Waals surface area contributed by atoms with Gasteiger partial charge in [-0.05, 0) is 24.6 Å². The van der Waals surface area contributed by atoms with Crippen molar-refractivity contribution in [3.63, 3.8) is 0 Å². The number of hydrogen-bond donors (Lipinski definition) is 0. The lowest BCUT2D eigenvalue weighted by Crippen LogP contribution is -1.91. The van der Waals surface area contributed by atoms with Crippen LogP contribution in [0.25, 0.3) is 10.9 Å². The van der Waals surface area contributed by atoms with Gasteiger partial charge in [-0.25, -0.2) is 4.98 Å². The maximum absolute atomic E-state index is 8.95. The SMILES string of the molecule is Cc1c(C#N)c(Cl)nc2cc(Cl)c(Cl)cc12. The van der Waals surface area contributed by atoms with Gasteiger partial charge < -0.3 is 0 Å². The zero-order chi connectivity index (χ0) is 11.9. The number of hydrogen-bond acceptors (Lipinski definition) is 2. The molecule has 0 radical (unpaired) electrons. The standard InChI is InChI=1S/C11H5Cl3N2/c1-5-6-2-8(12)9(13)3-10(6)16-11(14)7(5)4-15/h2-3H,1H3. The fourth-order valence-corrected chi connectivity index (χ4v) is 2.11. The van der Waals surface area contributed by atoms with Crippen molar-refractivity contribution < 1.29 is 0 Å². The van der Waals surface area contributed by atoms with Gasteiger partial charge in [0.2, 0.25) is 0 Å². The molecule has 2 aromatic rings. The van der Waals surface area contributed by atoms with E-state index < -0.39 is 0 Å². The second-order valence-corrected chi connectivity index (χ2v) is 4.47. The Bertz CT molecular complexity index is 629. The van der Waals surface area contributed by atoms with Crippen molar-refractivity contribution in [3.05, 3.63) is 38.5 Å². The molecule has 16 heavy (non-hydrogen) atoms. The van der Waals surface area contributed by atoms with Gasteiger partial charge in [-0.2, -0.15) is 5.26 Å². The summed E-state index contributed by atoms with van der Waals surface area (Å²) in [6.07, 6.45) is 0. The van der Waals surface area contributed by atoms with Crippen LogP contribution in [0.3, 0.4) is 0 Å². The quantitative estimate of drug-likeness (QED) is 0.667. The summed E-state index contributed by atoms with van der Waals surface area (Å²) in [5.41, 5.74) is 1.76. The number of nitrogens with zero attached hydrogens (tertiary/aromatic N) is 2. The maximum atomic E-state index is 8.95. The highest BCUT2D eigenvalue weighted by atomic mass is 35.5. The summed E-state index contributed by atoms with van der Waals surface area (Å²) >= 11 is 17.7. The van der Waals surface area contributed by atoms with Crippen LogP contribution in [0.4, 0.5) is 0 Å². The minimum absolute atomic E-state index is 0.186. The highest BCUT2D eigenvalue weighted by Crippen LogP contribution is 2.31. The number of rotatable bonds is 0. The molecule has 0 aliphatic rings. The Kier molecular flexibility index (Phi) is 2.94. The van der Waals surface area contributed by atoms with Gasteiger partial charge in [0.1, 0.15) is 11.2 Å². The van der Waals surface area contributed by atoms with Crippen molar-refractivity contribution in [2.75, 3.05) is 0 Å². The Hall–Kier alpha value is -1.01. The molecule has 80 valence electrons. The predicted molar refractivity (Wildman–Crippen MR) is 66.2 cm³/mol. The lowest BCUT2D eigenvalue weighted by molar-refractivity contribution is 1.32. The van der Waals surface area contributed by atoms with Crippen LogP contribution in [0, 0.1) is 18.3 Å². The van der Waals surface area contributed by atoms with Gasteiger partial charge >= 0.3 is 0 Å². The first-order chi connectivity index (χ1) is 7.54. The number of benzene rings is 1. The van der Waals surface area contributed by atoms with Crippen LogP contribution in [0.1, 0.15) is 11.1 Å². The predicted octanol–water partition coefficient (Wildman–Crippen LogP) is 4.38. The van der Waals surface area contributed by atoms with Gasteiger partial charge in [0, 0.05) is 5.39 Å². The minimum atomic E-state index is 0.186.